The van der Waals surface area contributed by atoms with Crippen molar-refractivity contribution in [3.8, 4) is 17.2 Å². The van der Waals surface area contributed by atoms with Crippen molar-refractivity contribution in [2.24, 2.45) is 0 Å². The maximum absolute atomic E-state index is 5.38. The van der Waals surface area contributed by atoms with Crippen LogP contribution in [-0.2, 0) is 18.6 Å². The van der Waals surface area contributed by atoms with Crippen molar-refractivity contribution in [1.82, 2.24) is 15.1 Å². The SMILES string of the molecule is COc1cc(CNCc2cnn(C(C)(C)C)c2)cc(OC)c1OC. The monoisotopic (exact) mass is 333 g/mol. The molecule has 1 heterocycles. The Hall–Kier alpha value is -2.21. The Morgan fingerprint density at radius 1 is 0.958 bits per heavy atom. The molecule has 0 atom stereocenters. The van der Waals surface area contributed by atoms with Gasteiger partial charge < -0.3 is 19.5 Å². The predicted molar refractivity (Wildman–Crippen MR) is 93.9 cm³/mol. The Morgan fingerprint density at radius 3 is 2.00 bits per heavy atom. The summed E-state index contributed by atoms with van der Waals surface area (Å²) >= 11 is 0. The molecule has 132 valence electrons. The summed E-state index contributed by atoms with van der Waals surface area (Å²) in [4.78, 5) is 0. The highest BCUT2D eigenvalue weighted by atomic mass is 16.5. The summed E-state index contributed by atoms with van der Waals surface area (Å²) in [6.45, 7) is 7.83. The van der Waals surface area contributed by atoms with E-state index in [2.05, 4.69) is 37.4 Å². The molecule has 6 heteroatoms. The summed E-state index contributed by atoms with van der Waals surface area (Å²) < 4.78 is 18.1. The number of hydrogen-bond donors (Lipinski definition) is 1. The van der Waals surface area contributed by atoms with Gasteiger partial charge in [0.2, 0.25) is 5.75 Å². The lowest BCUT2D eigenvalue weighted by molar-refractivity contribution is 0.323. The fourth-order valence-corrected chi connectivity index (χ4v) is 2.41. The summed E-state index contributed by atoms with van der Waals surface area (Å²) in [5.74, 6) is 1.93. The molecule has 0 aliphatic heterocycles. The molecule has 2 rings (SSSR count). The zero-order valence-corrected chi connectivity index (χ0v) is 15.3. The van der Waals surface area contributed by atoms with E-state index in [9.17, 15) is 0 Å². The molecule has 0 unspecified atom stereocenters. The molecule has 1 N–H and O–H groups in total. The lowest BCUT2D eigenvalue weighted by Gasteiger charge is -2.18. The third-order valence-electron chi connectivity index (χ3n) is 3.71. The number of benzene rings is 1. The van der Waals surface area contributed by atoms with E-state index in [1.54, 1.807) is 21.3 Å². The lowest BCUT2D eigenvalue weighted by Crippen LogP contribution is -2.22. The molecule has 0 saturated carbocycles. The normalized spacial score (nSPS) is 11.4. The minimum absolute atomic E-state index is 0.00499. The van der Waals surface area contributed by atoms with Gasteiger partial charge in [0.25, 0.3) is 0 Å². The summed E-state index contributed by atoms with van der Waals surface area (Å²) in [6.07, 6.45) is 3.97. The van der Waals surface area contributed by atoms with Gasteiger partial charge >= 0.3 is 0 Å². The number of rotatable bonds is 7. The Morgan fingerprint density at radius 2 is 1.54 bits per heavy atom. The lowest BCUT2D eigenvalue weighted by atomic mass is 10.1. The topological polar surface area (TPSA) is 57.5 Å². The molecular weight excluding hydrogens is 306 g/mol. The zero-order chi connectivity index (χ0) is 17.7. The number of hydrogen-bond acceptors (Lipinski definition) is 5. The van der Waals surface area contributed by atoms with Gasteiger partial charge in [0, 0.05) is 24.8 Å². The molecule has 0 bridgehead atoms. The summed E-state index contributed by atoms with van der Waals surface area (Å²) in [6, 6.07) is 3.90. The average molecular weight is 333 g/mol. The van der Waals surface area contributed by atoms with Crippen molar-refractivity contribution >= 4 is 0 Å². The molecule has 0 aliphatic rings. The van der Waals surface area contributed by atoms with Crippen LogP contribution < -0.4 is 19.5 Å². The molecule has 0 fully saturated rings. The summed E-state index contributed by atoms with van der Waals surface area (Å²) in [5.41, 5.74) is 2.21. The number of nitrogens with zero attached hydrogens (tertiary/aromatic N) is 2. The predicted octanol–water partition coefficient (Wildman–Crippen LogP) is 2.95. The third-order valence-corrected chi connectivity index (χ3v) is 3.71. The highest BCUT2D eigenvalue weighted by molar-refractivity contribution is 5.53. The van der Waals surface area contributed by atoms with Gasteiger partial charge in [-0.2, -0.15) is 5.10 Å². The highest BCUT2D eigenvalue weighted by Crippen LogP contribution is 2.38. The van der Waals surface area contributed by atoms with E-state index < -0.39 is 0 Å². The maximum atomic E-state index is 5.38. The van der Waals surface area contributed by atoms with E-state index in [4.69, 9.17) is 14.2 Å². The van der Waals surface area contributed by atoms with Gasteiger partial charge in [0.15, 0.2) is 11.5 Å². The molecule has 0 aliphatic carbocycles. The van der Waals surface area contributed by atoms with E-state index in [-0.39, 0.29) is 5.54 Å². The van der Waals surface area contributed by atoms with Gasteiger partial charge in [-0.15, -0.1) is 0 Å². The zero-order valence-electron chi connectivity index (χ0n) is 15.3. The average Bonchev–Trinajstić information content (AvgIpc) is 3.03. The van der Waals surface area contributed by atoms with Crippen molar-refractivity contribution in [2.75, 3.05) is 21.3 Å². The Balaban J connectivity index is 2.03. The molecular formula is C18H27N3O3. The second-order valence-electron chi connectivity index (χ2n) is 6.60. The molecule has 0 spiro atoms. The second-order valence-corrected chi connectivity index (χ2v) is 6.60. The van der Waals surface area contributed by atoms with Crippen LogP contribution in [0.3, 0.4) is 0 Å². The Bertz CT molecular complexity index is 649. The van der Waals surface area contributed by atoms with Crippen molar-refractivity contribution in [2.45, 2.75) is 39.4 Å². The fourth-order valence-electron chi connectivity index (χ4n) is 2.41. The number of ether oxygens (including phenoxy) is 3. The van der Waals surface area contributed by atoms with Gasteiger partial charge in [0.1, 0.15) is 0 Å². The molecule has 0 saturated heterocycles. The van der Waals surface area contributed by atoms with Crippen LogP contribution in [0.15, 0.2) is 24.5 Å². The van der Waals surface area contributed by atoms with E-state index in [0.29, 0.717) is 23.8 Å². The van der Waals surface area contributed by atoms with Gasteiger partial charge in [-0.05, 0) is 38.5 Å². The van der Waals surface area contributed by atoms with Crippen LogP contribution in [0.1, 0.15) is 31.9 Å². The number of aromatic nitrogens is 2. The van der Waals surface area contributed by atoms with E-state index in [0.717, 1.165) is 17.7 Å². The standard InChI is InChI=1S/C18H27N3O3/c1-18(2,3)21-12-14(11-20-21)10-19-9-13-7-15(22-4)17(24-6)16(8-13)23-5/h7-8,11-12,19H,9-10H2,1-6H3. The number of nitrogens with one attached hydrogen (secondary N) is 1. The van der Waals surface area contributed by atoms with Gasteiger partial charge in [0.05, 0.1) is 33.1 Å². The molecule has 1 aromatic carbocycles. The quantitative estimate of drug-likeness (QED) is 0.844. The first-order valence-corrected chi connectivity index (χ1v) is 7.92. The smallest absolute Gasteiger partial charge is 0.203 e. The van der Waals surface area contributed by atoms with Crippen LogP contribution in [-0.4, -0.2) is 31.1 Å². The van der Waals surface area contributed by atoms with Crippen LogP contribution in [0, 0.1) is 0 Å². The molecule has 24 heavy (non-hydrogen) atoms. The first kappa shape index (κ1) is 18.1. The third kappa shape index (κ3) is 4.20. The minimum atomic E-state index is -0.00499. The summed E-state index contributed by atoms with van der Waals surface area (Å²) in [7, 11) is 4.84. The molecule has 2 aromatic rings. The van der Waals surface area contributed by atoms with Gasteiger partial charge in [-0.1, -0.05) is 0 Å². The molecule has 0 amide bonds. The van der Waals surface area contributed by atoms with Crippen LogP contribution in [0.25, 0.3) is 0 Å². The fraction of sp³-hybridized carbons (Fsp3) is 0.500. The van der Waals surface area contributed by atoms with Crippen LogP contribution >= 0.6 is 0 Å². The Kier molecular flexibility index (Phi) is 5.72. The molecule has 6 nitrogen and oxygen atoms in total. The van der Waals surface area contributed by atoms with Gasteiger partial charge in [-0.25, -0.2) is 0 Å². The maximum Gasteiger partial charge on any atom is 0.203 e. The Labute approximate surface area is 143 Å². The van der Waals surface area contributed by atoms with Crippen LogP contribution in [0.5, 0.6) is 17.2 Å². The van der Waals surface area contributed by atoms with Gasteiger partial charge in [-0.3, -0.25) is 4.68 Å². The first-order valence-electron chi connectivity index (χ1n) is 7.92. The van der Waals surface area contributed by atoms with Crippen molar-refractivity contribution in [3.05, 3.63) is 35.7 Å². The minimum Gasteiger partial charge on any atom is -0.493 e. The molecule has 1 aromatic heterocycles. The van der Waals surface area contributed by atoms with E-state index >= 15 is 0 Å². The number of methoxy groups -OCH3 is 3. The highest BCUT2D eigenvalue weighted by Gasteiger charge is 2.15. The second kappa shape index (κ2) is 7.57. The van der Waals surface area contributed by atoms with Crippen molar-refractivity contribution in [1.29, 1.82) is 0 Å². The first-order chi connectivity index (χ1) is 11.4. The van der Waals surface area contributed by atoms with Crippen LogP contribution in [0.2, 0.25) is 0 Å². The van der Waals surface area contributed by atoms with Crippen molar-refractivity contribution in [3.63, 3.8) is 0 Å². The summed E-state index contributed by atoms with van der Waals surface area (Å²) in [5, 5.41) is 7.83. The molecule has 0 radical (unpaired) electrons. The largest absolute Gasteiger partial charge is 0.493 e. The van der Waals surface area contributed by atoms with E-state index in [1.807, 2.05) is 23.0 Å². The van der Waals surface area contributed by atoms with E-state index in [1.165, 1.54) is 0 Å². The van der Waals surface area contributed by atoms with Crippen molar-refractivity contribution < 1.29 is 14.2 Å². The van der Waals surface area contributed by atoms with Crippen LogP contribution in [0.4, 0.5) is 0 Å².